The summed E-state index contributed by atoms with van der Waals surface area (Å²) in [7, 11) is 0. The van der Waals surface area contributed by atoms with E-state index in [9.17, 15) is 4.39 Å². The monoisotopic (exact) mass is 262 g/mol. The van der Waals surface area contributed by atoms with Crippen LogP contribution in [0.1, 0.15) is 32.3 Å². The van der Waals surface area contributed by atoms with Gasteiger partial charge in [-0.1, -0.05) is 31.5 Å². The van der Waals surface area contributed by atoms with Gasteiger partial charge in [0.2, 0.25) is 0 Å². The lowest BCUT2D eigenvalue weighted by Gasteiger charge is -2.12. The highest BCUT2D eigenvalue weighted by Gasteiger charge is 2.09. The molecule has 16 heavy (non-hydrogen) atoms. The Morgan fingerprint density at radius 1 is 1.31 bits per heavy atom. The zero-order chi connectivity index (χ0) is 12.1. The Morgan fingerprint density at radius 3 is 2.56 bits per heavy atom. The molecule has 1 aromatic carbocycles. The van der Waals surface area contributed by atoms with Crippen molar-refractivity contribution in [1.82, 2.24) is 0 Å². The standard InChI is InChI=1S/C13H17Cl2F/c1-9(2)11(14)5-3-4-10-6-7-12(15)13(16)8-10/h6-9,11H,3-5H2,1-2H3. The first-order valence-electron chi connectivity index (χ1n) is 5.58. The van der Waals surface area contributed by atoms with Gasteiger partial charge in [0.25, 0.3) is 0 Å². The van der Waals surface area contributed by atoms with Gasteiger partial charge in [-0.2, -0.15) is 0 Å². The molecule has 0 aliphatic carbocycles. The van der Waals surface area contributed by atoms with Gasteiger partial charge in [-0.15, -0.1) is 11.6 Å². The number of benzene rings is 1. The maximum Gasteiger partial charge on any atom is 0.142 e. The summed E-state index contributed by atoms with van der Waals surface area (Å²) in [5.74, 6) is 0.147. The molecule has 0 saturated heterocycles. The summed E-state index contributed by atoms with van der Waals surface area (Å²) in [6, 6.07) is 4.97. The van der Waals surface area contributed by atoms with E-state index in [0.29, 0.717) is 5.92 Å². The second-order valence-electron chi connectivity index (χ2n) is 4.40. The summed E-state index contributed by atoms with van der Waals surface area (Å²) in [5, 5.41) is 0.387. The number of halogens is 3. The van der Waals surface area contributed by atoms with Crippen molar-refractivity contribution in [3.63, 3.8) is 0 Å². The van der Waals surface area contributed by atoms with Crippen LogP contribution in [0, 0.1) is 11.7 Å². The van der Waals surface area contributed by atoms with E-state index in [-0.39, 0.29) is 16.2 Å². The lowest BCUT2D eigenvalue weighted by molar-refractivity contribution is 0.546. The molecule has 0 bridgehead atoms. The molecule has 0 fully saturated rings. The highest BCUT2D eigenvalue weighted by Crippen LogP contribution is 2.19. The first-order valence-corrected chi connectivity index (χ1v) is 6.40. The summed E-state index contributed by atoms with van der Waals surface area (Å²) in [5.41, 5.74) is 0.981. The summed E-state index contributed by atoms with van der Waals surface area (Å²) >= 11 is 11.8. The highest BCUT2D eigenvalue weighted by molar-refractivity contribution is 6.30. The van der Waals surface area contributed by atoms with Gasteiger partial charge in [-0.25, -0.2) is 4.39 Å². The van der Waals surface area contributed by atoms with Gasteiger partial charge >= 0.3 is 0 Å². The summed E-state index contributed by atoms with van der Waals surface area (Å²) in [6.07, 6.45) is 2.79. The molecule has 1 atom stereocenters. The smallest absolute Gasteiger partial charge is 0.142 e. The van der Waals surface area contributed by atoms with Gasteiger partial charge < -0.3 is 0 Å². The van der Waals surface area contributed by atoms with Crippen molar-refractivity contribution in [2.24, 2.45) is 5.92 Å². The van der Waals surface area contributed by atoms with E-state index in [2.05, 4.69) is 13.8 Å². The van der Waals surface area contributed by atoms with E-state index < -0.39 is 0 Å². The van der Waals surface area contributed by atoms with Crippen molar-refractivity contribution in [1.29, 1.82) is 0 Å². The average molecular weight is 263 g/mol. The van der Waals surface area contributed by atoms with Crippen molar-refractivity contribution in [2.75, 3.05) is 0 Å². The summed E-state index contributed by atoms with van der Waals surface area (Å²) < 4.78 is 13.1. The largest absolute Gasteiger partial charge is 0.205 e. The van der Waals surface area contributed by atoms with Crippen molar-refractivity contribution in [3.8, 4) is 0 Å². The summed E-state index contributed by atoms with van der Waals surface area (Å²) in [4.78, 5) is 0. The van der Waals surface area contributed by atoms with Gasteiger partial charge in [-0.05, 0) is 42.9 Å². The normalized spacial score (nSPS) is 13.1. The fourth-order valence-electron chi connectivity index (χ4n) is 1.53. The first-order chi connectivity index (χ1) is 7.50. The Labute approximate surface area is 107 Å². The van der Waals surface area contributed by atoms with E-state index in [1.807, 2.05) is 6.07 Å². The van der Waals surface area contributed by atoms with Gasteiger partial charge in [0.15, 0.2) is 0 Å². The molecule has 1 unspecified atom stereocenters. The zero-order valence-corrected chi connectivity index (χ0v) is 11.2. The van der Waals surface area contributed by atoms with Crippen molar-refractivity contribution >= 4 is 23.2 Å². The molecule has 0 radical (unpaired) electrons. The molecule has 1 rings (SSSR count). The van der Waals surface area contributed by atoms with E-state index in [0.717, 1.165) is 24.8 Å². The molecular weight excluding hydrogens is 246 g/mol. The van der Waals surface area contributed by atoms with Crippen molar-refractivity contribution < 1.29 is 4.39 Å². The summed E-state index contributed by atoms with van der Waals surface area (Å²) in [6.45, 7) is 4.22. The molecule has 0 aromatic heterocycles. The van der Waals surface area contributed by atoms with Crippen LogP contribution >= 0.6 is 23.2 Å². The van der Waals surface area contributed by atoms with Gasteiger partial charge in [0, 0.05) is 5.38 Å². The van der Waals surface area contributed by atoms with Crippen LogP contribution in [0.2, 0.25) is 5.02 Å². The van der Waals surface area contributed by atoms with E-state index >= 15 is 0 Å². The van der Waals surface area contributed by atoms with Gasteiger partial charge in [-0.3, -0.25) is 0 Å². The molecule has 0 N–H and O–H groups in total. The Balaban J connectivity index is 2.40. The van der Waals surface area contributed by atoms with Crippen LogP contribution in [0.3, 0.4) is 0 Å². The third kappa shape index (κ3) is 4.31. The van der Waals surface area contributed by atoms with Crippen molar-refractivity contribution in [3.05, 3.63) is 34.6 Å². The number of aryl methyl sites for hydroxylation is 1. The minimum absolute atomic E-state index is 0.182. The van der Waals surface area contributed by atoms with Crippen LogP contribution in [-0.4, -0.2) is 5.38 Å². The first kappa shape index (κ1) is 13.8. The van der Waals surface area contributed by atoms with Gasteiger partial charge in [0.1, 0.15) is 5.82 Å². The number of hydrogen-bond donors (Lipinski definition) is 0. The quantitative estimate of drug-likeness (QED) is 0.651. The predicted octanol–water partition coefficient (Wildman–Crippen LogP) is 5.07. The SMILES string of the molecule is CC(C)C(Cl)CCCc1ccc(Cl)c(F)c1. The van der Waals surface area contributed by atoms with Crippen LogP contribution in [-0.2, 0) is 6.42 Å². The Hall–Kier alpha value is -0.270. The minimum Gasteiger partial charge on any atom is -0.205 e. The molecule has 90 valence electrons. The fourth-order valence-corrected chi connectivity index (χ4v) is 1.80. The van der Waals surface area contributed by atoms with Crippen LogP contribution in [0.4, 0.5) is 4.39 Å². The van der Waals surface area contributed by atoms with Crippen LogP contribution in [0.25, 0.3) is 0 Å². The molecule has 0 aliphatic heterocycles. The Bertz CT molecular complexity index is 337. The molecule has 1 aromatic rings. The molecule has 0 nitrogen and oxygen atoms in total. The van der Waals surface area contributed by atoms with E-state index in [1.54, 1.807) is 6.07 Å². The van der Waals surface area contributed by atoms with Crippen LogP contribution in [0.15, 0.2) is 18.2 Å². The third-order valence-electron chi connectivity index (χ3n) is 2.65. The number of hydrogen-bond acceptors (Lipinski definition) is 0. The topological polar surface area (TPSA) is 0 Å². The predicted molar refractivity (Wildman–Crippen MR) is 68.8 cm³/mol. The lowest BCUT2D eigenvalue weighted by atomic mass is 10.0. The highest BCUT2D eigenvalue weighted by atomic mass is 35.5. The van der Waals surface area contributed by atoms with Crippen molar-refractivity contribution in [2.45, 2.75) is 38.5 Å². The molecule has 3 heteroatoms. The Morgan fingerprint density at radius 2 is 2.00 bits per heavy atom. The molecule has 0 heterocycles. The second-order valence-corrected chi connectivity index (χ2v) is 5.37. The molecule has 0 amide bonds. The molecule has 0 aliphatic rings. The second kappa shape index (κ2) is 6.46. The minimum atomic E-state index is -0.342. The maximum absolute atomic E-state index is 13.1. The molecule has 0 spiro atoms. The zero-order valence-electron chi connectivity index (χ0n) is 9.64. The third-order valence-corrected chi connectivity index (χ3v) is 3.68. The van der Waals surface area contributed by atoms with Crippen LogP contribution in [0.5, 0.6) is 0 Å². The lowest BCUT2D eigenvalue weighted by Crippen LogP contribution is -2.07. The van der Waals surface area contributed by atoms with E-state index in [1.165, 1.54) is 6.07 Å². The van der Waals surface area contributed by atoms with Crippen LogP contribution < -0.4 is 0 Å². The maximum atomic E-state index is 13.1. The number of rotatable bonds is 5. The molecule has 0 saturated carbocycles. The molecular formula is C13H17Cl2F. The Kier molecular flexibility index (Phi) is 5.57. The van der Waals surface area contributed by atoms with E-state index in [4.69, 9.17) is 23.2 Å². The number of alkyl halides is 1. The van der Waals surface area contributed by atoms with Gasteiger partial charge in [0.05, 0.1) is 5.02 Å². The fraction of sp³-hybridized carbons (Fsp3) is 0.538. The average Bonchev–Trinajstić information content (AvgIpc) is 2.23.